The summed E-state index contributed by atoms with van der Waals surface area (Å²) in [5, 5.41) is 33.4. The predicted octanol–water partition coefficient (Wildman–Crippen LogP) is -0.494. The average molecular weight is 413 g/mol. The smallest absolute Gasteiger partial charge is 0.350 e. The van der Waals surface area contributed by atoms with Crippen LogP contribution in [0.15, 0.2) is 12.3 Å². The molecule has 4 atom stereocenters. The monoisotopic (exact) mass is 413 g/mol. The third-order valence-corrected chi connectivity index (χ3v) is 4.69. The van der Waals surface area contributed by atoms with Gasteiger partial charge in [0.25, 0.3) is 0 Å². The molecule has 0 unspecified atom stereocenters. The lowest BCUT2D eigenvalue weighted by molar-refractivity contribution is -0.0610. The summed E-state index contributed by atoms with van der Waals surface area (Å²) in [5.74, 6) is 0.385. The van der Waals surface area contributed by atoms with Crippen LogP contribution in [-0.4, -0.2) is 72.3 Å². The summed E-state index contributed by atoms with van der Waals surface area (Å²) in [6.07, 6.45) is -3.97. The molecule has 0 amide bonds. The molecule has 0 saturated carbocycles. The van der Waals surface area contributed by atoms with E-state index in [-0.39, 0.29) is 12.4 Å². The summed E-state index contributed by atoms with van der Waals surface area (Å²) in [6.45, 7) is 2.13. The minimum atomic E-state index is -4.36. The number of anilines is 1. The number of rotatable bonds is 7. The molecule has 1 fully saturated rings. The highest BCUT2D eigenvalue weighted by Gasteiger charge is 2.44. The summed E-state index contributed by atoms with van der Waals surface area (Å²) < 4.78 is 22.9. The summed E-state index contributed by atoms with van der Waals surface area (Å²) in [5.41, 5.74) is 0.329. The Kier molecular flexibility index (Phi) is 5.97. The first-order valence-electron chi connectivity index (χ1n) is 8.41. The van der Waals surface area contributed by atoms with Gasteiger partial charge in [-0.1, -0.05) is 0 Å². The molecular formula is C15H20N5O7P. The first-order chi connectivity index (χ1) is 13.2. The fourth-order valence-corrected chi connectivity index (χ4v) is 3.32. The number of fused-ring (bicyclic) bond motifs is 1. The van der Waals surface area contributed by atoms with E-state index < -0.39 is 38.5 Å². The van der Waals surface area contributed by atoms with Gasteiger partial charge in [0.1, 0.15) is 42.2 Å². The number of ether oxygens (including phenoxy) is 2. The zero-order valence-corrected chi connectivity index (χ0v) is 15.7. The van der Waals surface area contributed by atoms with Crippen LogP contribution in [0.25, 0.3) is 11.0 Å². The van der Waals surface area contributed by atoms with E-state index in [1.807, 2.05) is 13.0 Å². The molecule has 1 saturated heterocycles. The highest BCUT2D eigenvalue weighted by Crippen LogP contribution is 2.36. The van der Waals surface area contributed by atoms with Crippen LogP contribution in [0.4, 0.5) is 5.82 Å². The van der Waals surface area contributed by atoms with Crippen molar-refractivity contribution in [3.63, 3.8) is 0 Å². The molecule has 1 aliphatic rings. The van der Waals surface area contributed by atoms with Gasteiger partial charge < -0.3 is 39.4 Å². The maximum atomic E-state index is 10.9. The van der Waals surface area contributed by atoms with E-state index in [4.69, 9.17) is 24.5 Å². The second-order valence-electron chi connectivity index (χ2n) is 6.21. The zero-order chi connectivity index (χ0) is 20.5. The molecule has 0 aliphatic carbocycles. The number of aliphatic hydroxyl groups excluding tert-OH is 2. The van der Waals surface area contributed by atoms with E-state index >= 15 is 0 Å². The molecule has 2 aromatic rings. The minimum absolute atomic E-state index is 0.0713. The number of aliphatic hydroxyl groups is 2. The van der Waals surface area contributed by atoms with Gasteiger partial charge in [0.15, 0.2) is 6.23 Å². The van der Waals surface area contributed by atoms with E-state index in [0.717, 1.165) is 0 Å². The van der Waals surface area contributed by atoms with Crippen molar-refractivity contribution < 1.29 is 34.0 Å². The van der Waals surface area contributed by atoms with Crippen LogP contribution in [0.2, 0.25) is 0 Å². The lowest BCUT2D eigenvalue weighted by atomic mass is 10.1. The van der Waals surface area contributed by atoms with Crippen LogP contribution >= 0.6 is 7.60 Å². The lowest BCUT2D eigenvalue weighted by Crippen LogP contribution is -2.33. The Bertz CT molecular complexity index is 939. The highest BCUT2D eigenvalue weighted by atomic mass is 31.2. The Hall–Kier alpha value is -2.10. The first kappa shape index (κ1) is 20.6. The van der Waals surface area contributed by atoms with Crippen molar-refractivity contribution in [2.75, 3.05) is 24.8 Å². The molecule has 13 heteroatoms. The van der Waals surface area contributed by atoms with Crippen molar-refractivity contribution in [1.82, 2.24) is 14.5 Å². The van der Waals surface area contributed by atoms with E-state index in [0.29, 0.717) is 23.4 Å². The third kappa shape index (κ3) is 4.16. The molecule has 0 bridgehead atoms. The van der Waals surface area contributed by atoms with Gasteiger partial charge in [-0.05, 0) is 13.0 Å². The lowest BCUT2D eigenvalue weighted by Gasteiger charge is -2.17. The second-order valence-corrected chi connectivity index (χ2v) is 7.80. The molecule has 2 aromatic heterocycles. The van der Waals surface area contributed by atoms with E-state index in [1.165, 1.54) is 4.57 Å². The second kappa shape index (κ2) is 8.10. The van der Waals surface area contributed by atoms with E-state index in [1.54, 1.807) is 12.3 Å². The molecule has 0 spiro atoms. The molecule has 0 radical (unpaired) electrons. The van der Waals surface area contributed by atoms with Crippen LogP contribution in [0.3, 0.4) is 0 Å². The van der Waals surface area contributed by atoms with Gasteiger partial charge in [0.05, 0.1) is 12.0 Å². The SMILES string of the molecule is CCNc1nc(C#N)nc2c1ccn2[C@@H]1O[C@H](COCP(=O)(O)O)[C@@H](O)[C@H]1O. The standard InChI is InChI=1S/C15H20N5O7P/c1-2-17-13-8-3-4-20(14(8)19-10(5-16)18-13)15-12(22)11(21)9(27-15)6-26-7-28(23,24)25/h3-4,9,11-12,15,21-22H,2,6-7H2,1H3,(H,17,18,19)(H2,23,24,25)/t9-,11-,12-,15-/m1/s1. The summed E-state index contributed by atoms with van der Waals surface area (Å²) in [6, 6.07) is 3.56. The Morgan fingerprint density at radius 2 is 2.14 bits per heavy atom. The van der Waals surface area contributed by atoms with Crippen molar-refractivity contribution in [2.45, 2.75) is 31.5 Å². The average Bonchev–Trinajstić information content (AvgIpc) is 3.17. The van der Waals surface area contributed by atoms with E-state index in [9.17, 15) is 14.8 Å². The van der Waals surface area contributed by atoms with Crippen LogP contribution in [0, 0.1) is 11.3 Å². The zero-order valence-electron chi connectivity index (χ0n) is 14.8. The van der Waals surface area contributed by atoms with E-state index in [2.05, 4.69) is 15.3 Å². The fraction of sp³-hybridized carbons (Fsp3) is 0.533. The van der Waals surface area contributed by atoms with Gasteiger partial charge in [0, 0.05) is 12.7 Å². The van der Waals surface area contributed by atoms with Crippen LogP contribution in [0.5, 0.6) is 0 Å². The normalized spacial score (nSPS) is 25.1. The number of nitriles is 1. The quantitative estimate of drug-likeness (QED) is 0.369. The maximum absolute atomic E-state index is 10.9. The van der Waals surface area contributed by atoms with Crippen molar-refractivity contribution in [3.05, 3.63) is 18.1 Å². The molecule has 0 aromatic carbocycles. The highest BCUT2D eigenvalue weighted by molar-refractivity contribution is 7.51. The number of nitrogens with one attached hydrogen (secondary N) is 1. The van der Waals surface area contributed by atoms with Crippen molar-refractivity contribution >= 4 is 24.4 Å². The molecular weight excluding hydrogens is 393 g/mol. The van der Waals surface area contributed by atoms with Gasteiger partial charge in [-0.3, -0.25) is 4.57 Å². The largest absolute Gasteiger partial charge is 0.387 e. The summed E-state index contributed by atoms with van der Waals surface area (Å²) in [7, 11) is -4.36. The Morgan fingerprint density at radius 3 is 2.79 bits per heavy atom. The van der Waals surface area contributed by atoms with Gasteiger partial charge in [-0.25, -0.2) is 9.97 Å². The Morgan fingerprint density at radius 1 is 1.39 bits per heavy atom. The van der Waals surface area contributed by atoms with Crippen molar-refractivity contribution in [3.8, 4) is 6.07 Å². The molecule has 5 N–H and O–H groups in total. The van der Waals surface area contributed by atoms with Gasteiger partial charge in [0.2, 0.25) is 5.82 Å². The molecule has 152 valence electrons. The summed E-state index contributed by atoms with van der Waals surface area (Å²) >= 11 is 0. The van der Waals surface area contributed by atoms with Crippen LogP contribution in [-0.2, 0) is 14.0 Å². The van der Waals surface area contributed by atoms with Crippen molar-refractivity contribution in [1.29, 1.82) is 5.26 Å². The van der Waals surface area contributed by atoms with Crippen molar-refractivity contribution in [2.24, 2.45) is 0 Å². The number of hydrogen-bond donors (Lipinski definition) is 5. The molecule has 12 nitrogen and oxygen atoms in total. The molecule has 28 heavy (non-hydrogen) atoms. The fourth-order valence-electron chi connectivity index (χ4n) is 2.98. The number of aromatic nitrogens is 3. The topological polar surface area (TPSA) is 183 Å². The van der Waals surface area contributed by atoms with Crippen LogP contribution < -0.4 is 5.32 Å². The summed E-state index contributed by atoms with van der Waals surface area (Å²) in [4.78, 5) is 25.9. The van der Waals surface area contributed by atoms with Crippen LogP contribution in [0.1, 0.15) is 19.0 Å². The third-order valence-electron chi connectivity index (χ3n) is 4.17. The van der Waals surface area contributed by atoms with Gasteiger partial charge in [-0.15, -0.1) is 0 Å². The minimum Gasteiger partial charge on any atom is -0.387 e. The Labute approximate surface area is 159 Å². The molecule has 1 aliphatic heterocycles. The molecule has 3 rings (SSSR count). The Balaban J connectivity index is 1.87. The van der Waals surface area contributed by atoms with Gasteiger partial charge in [-0.2, -0.15) is 5.26 Å². The molecule has 3 heterocycles. The number of nitrogens with zero attached hydrogens (tertiary/aromatic N) is 4. The first-order valence-corrected chi connectivity index (χ1v) is 10.2. The van der Waals surface area contributed by atoms with Gasteiger partial charge >= 0.3 is 7.60 Å². The maximum Gasteiger partial charge on any atom is 0.350 e. The predicted molar refractivity (Wildman–Crippen MR) is 95.2 cm³/mol. The number of hydrogen-bond acceptors (Lipinski definition) is 9.